The van der Waals surface area contributed by atoms with E-state index < -0.39 is 5.41 Å². The van der Waals surface area contributed by atoms with Crippen LogP contribution < -0.4 is 0 Å². The molecule has 4 nitrogen and oxygen atoms in total. The summed E-state index contributed by atoms with van der Waals surface area (Å²) < 4.78 is 0. The molecule has 32 heavy (non-hydrogen) atoms. The molecule has 1 saturated heterocycles. The lowest BCUT2D eigenvalue weighted by Gasteiger charge is -2.39. The number of benzene rings is 4. The fraction of sp³-hybridized carbons (Fsp3) is 0.393. The zero-order chi connectivity index (χ0) is 22.1. The third-order valence-electron chi connectivity index (χ3n) is 7.55. The van der Waals surface area contributed by atoms with Gasteiger partial charge in [0.15, 0.2) is 0 Å². The van der Waals surface area contributed by atoms with Crippen molar-refractivity contribution in [1.82, 2.24) is 4.90 Å². The Hall–Kier alpha value is -2.69. The summed E-state index contributed by atoms with van der Waals surface area (Å²) in [5.41, 5.74) is 0.947. The van der Waals surface area contributed by atoms with Gasteiger partial charge in [0, 0.05) is 24.9 Å². The van der Waals surface area contributed by atoms with Crippen LogP contribution in [0, 0.1) is 5.41 Å². The summed E-state index contributed by atoms with van der Waals surface area (Å²) in [5.74, 6) is 0.199. The highest BCUT2D eigenvalue weighted by molar-refractivity contribution is 6.23. The largest absolute Gasteiger partial charge is 0.396 e. The van der Waals surface area contributed by atoms with Gasteiger partial charge in [0.25, 0.3) is 0 Å². The molecule has 1 amide bonds. The van der Waals surface area contributed by atoms with Crippen LogP contribution in [0.2, 0.25) is 0 Å². The molecule has 0 atom stereocenters. The van der Waals surface area contributed by atoms with Gasteiger partial charge in [-0.1, -0.05) is 54.6 Å². The number of piperidine rings is 1. The number of hydrogen-bond donors (Lipinski definition) is 2. The second kappa shape index (κ2) is 8.68. The second-order valence-corrected chi connectivity index (χ2v) is 9.48. The molecule has 1 heterocycles. The van der Waals surface area contributed by atoms with Crippen molar-refractivity contribution in [2.45, 2.75) is 38.5 Å². The quantitative estimate of drug-likeness (QED) is 0.325. The third kappa shape index (κ3) is 3.72. The van der Waals surface area contributed by atoms with E-state index in [0.29, 0.717) is 32.4 Å². The van der Waals surface area contributed by atoms with Crippen LogP contribution in [-0.2, 0) is 11.2 Å². The van der Waals surface area contributed by atoms with Gasteiger partial charge in [-0.05, 0) is 70.0 Å². The van der Waals surface area contributed by atoms with Gasteiger partial charge in [-0.15, -0.1) is 0 Å². The molecular formula is C28H31NO3. The summed E-state index contributed by atoms with van der Waals surface area (Å²) in [5, 5.41) is 27.0. The van der Waals surface area contributed by atoms with Crippen molar-refractivity contribution in [1.29, 1.82) is 0 Å². The van der Waals surface area contributed by atoms with Crippen molar-refractivity contribution in [3.05, 3.63) is 60.2 Å². The first-order valence-corrected chi connectivity index (χ1v) is 11.8. The number of rotatable bonds is 7. The predicted octanol–water partition coefficient (Wildman–Crippen LogP) is 4.89. The van der Waals surface area contributed by atoms with Crippen LogP contribution in [0.25, 0.3) is 32.3 Å². The fourth-order valence-electron chi connectivity index (χ4n) is 5.36. The van der Waals surface area contributed by atoms with E-state index in [4.69, 9.17) is 0 Å². The van der Waals surface area contributed by atoms with E-state index in [1.54, 1.807) is 0 Å². The molecule has 0 aromatic heterocycles. The van der Waals surface area contributed by atoms with Crippen molar-refractivity contribution in [2.75, 3.05) is 26.3 Å². The Balaban J connectivity index is 1.23. The van der Waals surface area contributed by atoms with Gasteiger partial charge in [-0.25, -0.2) is 0 Å². The third-order valence-corrected chi connectivity index (χ3v) is 7.55. The van der Waals surface area contributed by atoms with Crippen LogP contribution >= 0.6 is 0 Å². The Labute approximate surface area is 188 Å². The summed E-state index contributed by atoms with van der Waals surface area (Å²) >= 11 is 0. The van der Waals surface area contributed by atoms with E-state index in [-0.39, 0.29) is 19.1 Å². The molecule has 0 aliphatic carbocycles. The van der Waals surface area contributed by atoms with Gasteiger partial charge in [0.1, 0.15) is 0 Å². The summed E-state index contributed by atoms with van der Waals surface area (Å²) in [4.78, 5) is 14.5. The van der Waals surface area contributed by atoms with Crippen molar-refractivity contribution < 1.29 is 15.0 Å². The number of aliphatic hydroxyl groups is 2. The number of aryl methyl sites for hydroxylation is 1. The van der Waals surface area contributed by atoms with Crippen LogP contribution in [0.3, 0.4) is 0 Å². The standard InChI is InChI=1S/C28H31NO3/c30-18-28(19-31)14-16-29(17-15-28)25(32)7-2-1-4-20-8-9-23-11-10-21-5-3-6-22-12-13-24(20)27(23)26(21)22/h3,5-6,8-13,30-31H,1-2,4,7,14-19H2. The normalized spacial score (nSPS) is 16.4. The first-order chi connectivity index (χ1) is 15.6. The molecule has 4 aromatic rings. The SMILES string of the molecule is O=C(CCCCc1ccc2ccc3cccc4ccc1c2c34)N1CCC(CO)(CO)CC1. The van der Waals surface area contributed by atoms with Gasteiger partial charge in [0.05, 0.1) is 13.2 Å². The number of carbonyl (C=O) groups is 1. The van der Waals surface area contributed by atoms with E-state index in [0.717, 1.165) is 19.3 Å². The second-order valence-electron chi connectivity index (χ2n) is 9.48. The van der Waals surface area contributed by atoms with E-state index in [1.165, 1.54) is 37.9 Å². The summed E-state index contributed by atoms with van der Waals surface area (Å²) in [6.07, 6.45) is 4.75. The molecule has 1 fully saturated rings. The Morgan fingerprint density at radius 3 is 2.12 bits per heavy atom. The zero-order valence-electron chi connectivity index (χ0n) is 18.5. The van der Waals surface area contributed by atoms with E-state index >= 15 is 0 Å². The molecule has 2 N–H and O–H groups in total. The van der Waals surface area contributed by atoms with Gasteiger partial charge in [-0.2, -0.15) is 0 Å². The molecule has 0 bridgehead atoms. The Kier molecular flexibility index (Phi) is 5.75. The highest BCUT2D eigenvalue weighted by Gasteiger charge is 2.34. The molecule has 5 rings (SSSR count). The minimum Gasteiger partial charge on any atom is -0.396 e. The highest BCUT2D eigenvalue weighted by atomic mass is 16.3. The van der Waals surface area contributed by atoms with Crippen LogP contribution in [-0.4, -0.2) is 47.3 Å². The molecule has 4 heteroatoms. The minimum absolute atomic E-state index is 0.00908. The average Bonchev–Trinajstić information content (AvgIpc) is 2.85. The fourth-order valence-corrected chi connectivity index (χ4v) is 5.36. The number of carbonyl (C=O) groups excluding carboxylic acids is 1. The molecule has 4 aromatic carbocycles. The maximum absolute atomic E-state index is 12.6. The molecule has 0 spiro atoms. The molecule has 1 aliphatic heterocycles. The molecule has 0 radical (unpaired) electrons. The van der Waals surface area contributed by atoms with E-state index in [9.17, 15) is 15.0 Å². The van der Waals surface area contributed by atoms with Crippen LogP contribution in [0.15, 0.2) is 54.6 Å². The van der Waals surface area contributed by atoms with Crippen LogP contribution in [0.4, 0.5) is 0 Å². The first-order valence-electron chi connectivity index (χ1n) is 11.8. The van der Waals surface area contributed by atoms with Crippen LogP contribution in [0.5, 0.6) is 0 Å². The zero-order valence-corrected chi connectivity index (χ0v) is 18.5. The van der Waals surface area contributed by atoms with Gasteiger partial charge in [0.2, 0.25) is 5.91 Å². The number of unbranched alkanes of at least 4 members (excludes halogenated alkanes) is 1. The van der Waals surface area contributed by atoms with E-state index in [2.05, 4.69) is 54.6 Å². The molecule has 0 saturated carbocycles. The topological polar surface area (TPSA) is 60.8 Å². The smallest absolute Gasteiger partial charge is 0.222 e. The lowest BCUT2D eigenvalue weighted by Crippen LogP contribution is -2.46. The number of hydrogen-bond acceptors (Lipinski definition) is 3. The molecular weight excluding hydrogens is 398 g/mol. The van der Waals surface area contributed by atoms with Crippen LogP contribution in [0.1, 0.15) is 37.7 Å². The molecule has 0 unspecified atom stereocenters. The van der Waals surface area contributed by atoms with Gasteiger partial charge >= 0.3 is 0 Å². The maximum Gasteiger partial charge on any atom is 0.222 e. The summed E-state index contributed by atoms with van der Waals surface area (Å²) in [7, 11) is 0. The Morgan fingerprint density at radius 1 is 0.812 bits per heavy atom. The number of likely N-dealkylation sites (tertiary alicyclic amines) is 1. The van der Waals surface area contributed by atoms with Crippen molar-refractivity contribution in [3.63, 3.8) is 0 Å². The lowest BCUT2D eigenvalue weighted by molar-refractivity contribution is -0.134. The van der Waals surface area contributed by atoms with Crippen molar-refractivity contribution in [2.24, 2.45) is 5.41 Å². The monoisotopic (exact) mass is 429 g/mol. The minimum atomic E-state index is -0.411. The van der Waals surface area contributed by atoms with Crippen molar-refractivity contribution >= 4 is 38.2 Å². The lowest BCUT2D eigenvalue weighted by atomic mass is 9.80. The average molecular weight is 430 g/mol. The number of nitrogens with zero attached hydrogens (tertiary/aromatic N) is 1. The van der Waals surface area contributed by atoms with Gasteiger partial charge in [-0.3, -0.25) is 4.79 Å². The highest BCUT2D eigenvalue weighted by Crippen LogP contribution is 2.36. The maximum atomic E-state index is 12.6. The van der Waals surface area contributed by atoms with E-state index in [1.807, 2.05) is 4.90 Å². The Bertz CT molecular complexity index is 1220. The number of aliphatic hydroxyl groups excluding tert-OH is 2. The predicted molar refractivity (Wildman–Crippen MR) is 130 cm³/mol. The van der Waals surface area contributed by atoms with Crippen molar-refractivity contribution in [3.8, 4) is 0 Å². The summed E-state index contributed by atoms with van der Waals surface area (Å²) in [6, 6.07) is 19.9. The first kappa shape index (κ1) is 21.2. The summed E-state index contributed by atoms with van der Waals surface area (Å²) in [6.45, 7) is 1.25. The number of amides is 1. The Morgan fingerprint density at radius 2 is 1.44 bits per heavy atom. The van der Waals surface area contributed by atoms with Gasteiger partial charge < -0.3 is 15.1 Å². The molecule has 1 aliphatic rings. The molecule has 166 valence electrons.